The van der Waals surface area contributed by atoms with Crippen LogP contribution in [-0.2, 0) is 0 Å². The molecule has 0 bridgehead atoms. The van der Waals surface area contributed by atoms with Crippen molar-refractivity contribution in [3.8, 4) is 0 Å². The molecule has 3 rings (SSSR count). The van der Waals surface area contributed by atoms with Gasteiger partial charge in [-0.2, -0.15) is 0 Å². The predicted octanol–water partition coefficient (Wildman–Crippen LogP) is 3.59. The van der Waals surface area contributed by atoms with Crippen molar-refractivity contribution in [2.75, 3.05) is 18.0 Å². The van der Waals surface area contributed by atoms with Crippen molar-refractivity contribution < 1.29 is 9.90 Å². The Labute approximate surface area is 151 Å². The summed E-state index contributed by atoms with van der Waals surface area (Å²) >= 11 is 0. The monoisotopic (exact) mass is 344 g/mol. The maximum Gasteiger partial charge on any atom is 0.251 e. The first-order valence-electron chi connectivity index (χ1n) is 9.88. The Morgan fingerprint density at radius 3 is 2.36 bits per heavy atom. The summed E-state index contributed by atoms with van der Waals surface area (Å²) in [6.45, 7) is 6.29. The highest BCUT2D eigenvalue weighted by Gasteiger charge is 2.28. The highest BCUT2D eigenvalue weighted by molar-refractivity contribution is 5.94. The van der Waals surface area contributed by atoms with Crippen LogP contribution < -0.4 is 10.2 Å². The zero-order chi connectivity index (χ0) is 17.8. The van der Waals surface area contributed by atoms with Gasteiger partial charge < -0.3 is 15.3 Å². The molecule has 1 saturated carbocycles. The van der Waals surface area contributed by atoms with Gasteiger partial charge in [-0.3, -0.25) is 4.79 Å². The van der Waals surface area contributed by atoms with Crippen LogP contribution in [-0.4, -0.2) is 36.2 Å². The SMILES string of the molecule is CC(C)C1CCCCC1NC(=O)c1ccc(N2CCC(O)CC2)cc1. The van der Waals surface area contributed by atoms with Crippen LogP contribution in [0.2, 0.25) is 0 Å². The molecule has 4 heteroatoms. The number of benzene rings is 1. The molecule has 1 aliphatic carbocycles. The van der Waals surface area contributed by atoms with Gasteiger partial charge in [-0.1, -0.05) is 26.7 Å². The second-order valence-corrected chi connectivity index (χ2v) is 8.04. The lowest BCUT2D eigenvalue weighted by Crippen LogP contribution is -2.44. The molecular formula is C21H32N2O2. The Morgan fingerprint density at radius 2 is 1.72 bits per heavy atom. The lowest BCUT2D eigenvalue weighted by molar-refractivity contribution is 0.0889. The lowest BCUT2D eigenvalue weighted by Gasteiger charge is -2.35. The lowest BCUT2D eigenvalue weighted by atomic mass is 9.78. The molecule has 138 valence electrons. The summed E-state index contributed by atoms with van der Waals surface area (Å²) in [5.41, 5.74) is 1.88. The van der Waals surface area contributed by atoms with Crippen molar-refractivity contribution in [2.45, 2.75) is 64.5 Å². The molecule has 1 aromatic carbocycles. The standard InChI is InChI=1S/C21H32N2O2/c1-15(2)19-5-3-4-6-20(19)22-21(25)16-7-9-17(10-8-16)23-13-11-18(24)12-14-23/h7-10,15,18-20,24H,3-6,11-14H2,1-2H3,(H,22,25). The van der Waals surface area contributed by atoms with E-state index in [9.17, 15) is 9.90 Å². The molecule has 2 fully saturated rings. The summed E-state index contributed by atoms with van der Waals surface area (Å²) in [7, 11) is 0. The van der Waals surface area contributed by atoms with Crippen LogP contribution >= 0.6 is 0 Å². The number of carbonyl (C=O) groups is 1. The third-order valence-electron chi connectivity index (χ3n) is 5.95. The van der Waals surface area contributed by atoms with E-state index in [1.807, 2.05) is 24.3 Å². The Kier molecular flexibility index (Phi) is 6.00. The Hall–Kier alpha value is -1.55. The van der Waals surface area contributed by atoms with E-state index in [1.54, 1.807) is 0 Å². The minimum absolute atomic E-state index is 0.0539. The summed E-state index contributed by atoms with van der Waals surface area (Å²) in [6, 6.07) is 8.25. The van der Waals surface area contributed by atoms with Crippen molar-refractivity contribution in [2.24, 2.45) is 11.8 Å². The highest BCUT2D eigenvalue weighted by Crippen LogP contribution is 2.30. The molecule has 1 heterocycles. The average Bonchev–Trinajstić information content (AvgIpc) is 2.63. The topological polar surface area (TPSA) is 52.6 Å². The van der Waals surface area contributed by atoms with Gasteiger partial charge in [0.25, 0.3) is 5.91 Å². The van der Waals surface area contributed by atoms with Crippen molar-refractivity contribution in [3.05, 3.63) is 29.8 Å². The van der Waals surface area contributed by atoms with E-state index in [0.717, 1.165) is 43.6 Å². The molecule has 0 radical (unpaired) electrons. The minimum atomic E-state index is -0.161. The third kappa shape index (κ3) is 4.55. The third-order valence-corrected chi connectivity index (χ3v) is 5.95. The first-order chi connectivity index (χ1) is 12.0. The first kappa shape index (κ1) is 18.2. The van der Waals surface area contributed by atoms with Crippen LogP contribution in [0.3, 0.4) is 0 Å². The predicted molar refractivity (Wildman–Crippen MR) is 102 cm³/mol. The van der Waals surface area contributed by atoms with Crippen molar-refractivity contribution in [3.63, 3.8) is 0 Å². The number of nitrogens with one attached hydrogen (secondary N) is 1. The van der Waals surface area contributed by atoms with E-state index in [0.29, 0.717) is 17.9 Å². The maximum absolute atomic E-state index is 12.7. The fraction of sp³-hybridized carbons (Fsp3) is 0.667. The van der Waals surface area contributed by atoms with Gasteiger partial charge in [-0.15, -0.1) is 0 Å². The molecule has 1 saturated heterocycles. The molecule has 2 atom stereocenters. The van der Waals surface area contributed by atoms with Gasteiger partial charge >= 0.3 is 0 Å². The van der Waals surface area contributed by atoms with Gasteiger partial charge in [0.2, 0.25) is 0 Å². The van der Waals surface area contributed by atoms with E-state index in [-0.39, 0.29) is 12.0 Å². The summed E-state index contributed by atoms with van der Waals surface area (Å²) in [6.07, 6.45) is 6.31. The van der Waals surface area contributed by atoms with Crippen molar-refractivity contribution in [1.82, 2.24) is 5.32 Å². The van der Waals surface area contributed by atoms with E-state index in [1.165, 1.54) is 19.3 Å². The fourth-order valence-electron chi connectivity index (χ4n) is 4.34. The average molecular weight is 344 g/mol. The number of aliphatic hydroxyl groups excluding tert-OH is 1. The van der Waals surface area contributed by atoms with Crippen LogP contribution in [0.5, 0.6) is 0 Å². The van der Waals surface area contributed by atoms with Crippen LogP contribution in [0.25, 0.3) is 0 Å². The number of anilines is 1. The molecule has 2 aliphatic rings. The van der Waals surface area contributed by atoms with E-state index in [4.69, 9.17) is 0 Å². The van der Waals surface area contributed by atoms with Gasteiger partial charge in [0.05, 0.1) is 6.10 Å². The molecule has 1 aliphatic heterocycles. The number of carbonyl (C=O) groups excluding carboxylic acids is 1. The molecular weight excluding hydrogens is 312 g/mol. The largest absolute Gasteiger partial charge is 0.393 e. The van der Waals surface area contributed by atoms with Crippen LogP contribution in [0, 0.1) is 11.8 Å². The Morgan fingerprint density at radius 1 is 1.08 bits per heavy atom. The number of nitrogens with zero attached hydrogens (tertiary/aromatic N) is 1. The number of piperidine rings is 1. The van der Waals surface area contributed by atoms with Gasteiger partial charge in [0.1, 0.15) is 0 Å². The molecule has 0 aromatic heterocycles. The molecule has 2 unspecified atom stereocenters. The summed E-state index contributed by atoms with van der Waals surface area (Å²) in [5, 5.41) is 12.9. The number of hydrogen-bond donors (Lipinski definition) is 2. The zero-order valence-electron chi connectivity index (χ0n) is 15.6. The van der Waals surface area contributed by atoms with Gasteiger partial charge in [0.15, 0.2) is 0 Å². The minimum Gasteiger partial charge on any atom is -0.393 e. The Balaban J connectivity index is 1.60. The second-order valence-electron chi connectivity index (χ2n) is 8.04. The quantitative estimate of drug-likeness (QED) is 0.877. The molecule has 1 amide bonds. The Bertz CT molecular complexity index is 562. The molecule has 1 aromatic rings. The van der Waals surface area contributed by atoms with E-state index < -0.39 is 0 Å². The molecule has 4 nitrogen and oxygen atoms in total. The summed E-state index contributed by atoms with van der Waals surface area (Å²) < 4.78 is 0. The number of aliphatic hydroxyl groups is 1. The zero-order valence-corrected chi connectivity index (χ0v) is 15.6. The number of hydrogen-bond acceptors (Lipinski definition) is 3. The van der Waals surface area contributed by atoms with Gasteiger partial charge in [-0.25, -0.2) is 0 Å². The van der Waals surface area contributed by atoms with Crippen LogP contribution in [0.15, 0.2) is 24.3 Å². The second kappa shape index (κ2) is 8.22. The molecule has 2 N–H and O–H groups in total. The number of rotatable bonds is 4. The van der Waals surface area contributed by atoms with Gasteiger partial charge in [0, 0.05) is 30.4 Å². The number of amides is 1. The first-order valence-corrected chi connectivity index (χ1v) is 9.88. The van der Waals surface area contributed by atoms with Crippen LogP contribution in [0.4, 0.5) is 5.69 Å². The van der Waals surface area contributed by atoms with E-state index >= 15 is 0 Å². The molecule has 0 spiro atoms. The fourth-order valence-corrected chi connectivity index (χ4v) is 4.34. The molecule has 25 heavy (non-hydrogen) atoms. The smallest absolute Gasteiger partial charge is 0.251 e. The van der Waals surface area contributed by atoms with Crippen molar-refractivity contribution in [1.29, 1.82) is 0 Å². The van der Waals surface area contributed by atoms with Crippen molar-refractivity contribution >= 4 is 11.6 Å². The van der Waals surface area contributed by atoms with Crippen LogP contribution in [0.1, 0.15) is 62.7 Å². The normalized spacial score (nSPS) is 25.2. The van der Waals surface area contributed by atoms with Gasteiger partial charge in [-0.05, 0) is 61.8 Å². The van der Waals surface area contributed by atoms with E-state index in [2.05, 4.69) is 24.1 Å². The summed E-state index contributed by atoms with van der Waals surface area (Å²) in [4.78, 5) is 14.9. The maximum atomic E-state index is 12.7. The summed E-state index contributed by atoms with van der Waals surface area (Å²) in [5.74, 6) is 1.26. The highest BCUT2D eigenvalue weighted by atomic mass is 16.3.